The number of aliphatic hydroxyl groups excluding tert-OH is 1. The summed E-state index contributed by atoms with van der Waals surface area (Å²) in [6.45, 7) is 2.15. The third kappa shape index (κ3) is 4.39. The second kappa shape index (κ2) is 10.2. The first-order valence-corrected chi connectivity index (χ1v) is 13.1. The van der Waals surface area contributed by atoms with Gasteiger partial charge in [0.1, 0.15) is 10.7 Å². The van der Waals surface area contributed by atoms with Gasteiger partial charge in [0.25, 0.3) is 5.56 Å². The van der Waals surface area contributed by atoms with Crippen molar-refractivity contribution >= 4 is 32.9 Å². The molecular formula is C29H23N5O4S. The molecule has 0 aliphatic carbocycles. The van der Waals surface area contributed by atoms with Crippen molar-refractivity contribution in [1.82, 2.24) is 24.7 Å². The summed E-state index contributed by atoms with van der Waals surface area (Å²) in [7, 11) is 1.58. The molecule has 6 aromatic rings. The normalized spacial score (nSPS) is 11.3. The fourth-order valence-electron chi connectivity index (χ4n) is 4.57. The minimum Gasteiger partial charge on any atom is -0.493 e. The van der Waals surface area contributed by atoms with E-state index in [-0.39, 0.29) is 12.2 Å². The van der Waals surface area contributed by atoms with Gasteiger partial charge in [-0.2, -0.15) is 9.78 Å². The monoisotopic (exact) mass is 537 g/mol. The van der Waals surface area contributed by atoms with Gasteiger partial charge in [0.15, 0.2) is 17.3 Å². The molecule has 0 atom stereocenters. The molecule has 0 amide bonds. The van der Waals surface area contributed by atoms with E-state index in [9.17, 15) is 9.90 Å². The van der Waals surface area contributed by atoms with Gasteiger partial charge in [0, 0.05) is 34.1 Å². The third-order valence-electron chi connectivity index (χ3n) is 6.31. The Morgan fingerprint density at radius 1 is 0.949 bits per heavy atom. The number of hydrogen-bond acceptors (Lipinski definition) is 9. The number of pyridine rings is 2. The lowest BCUT2D eigenvalue weighted by Gasteiger charge is -2.15. The lowest BCUT2D eigenvalue weighted by Crippen LogP contribution is -2.23. The average Bonchev–Trinajstić information content (AvgIpc) is 3.52. The van der Waals surface area contributed by atoms with Crippen LogP contribution in [0.5, 0.6) is 11.5 Å². The van der Waals surface area contributed by atoms with Crippen LogP contribution in [0.1, 0.15) is 12.6 Å². The zero-order valence-corrected chi connectivity index (χ0v) is 22.0. The lowest BCUT2D eigenvalue weighted by molar-refractivity contribution is 0.277. The van der Waals surface area contributed by atoms with Gasteiger partial charge in [-0.25, -0.2) is 15.0 Å². The summed E-state index contributed by atoms with van der Waals surface area (Å²) >= 11 is 1.45. The molecule has 0 aliphatic heterocycles. The van der Waals surface area contributed by atoms with Crippen LogP contribution in [0.3, 0.4) is 0 Å². The molecule has 0 radical (unpaired) electrons. The maximum absolute atomic E-state index is 13.6. The van der Waals surface area contributed by atoms with Crippen LogP contribution in [0.15, 0.2) is 77.2 Å². The number of methoxy groups -OCH3 is 1. The molecule has 0 fully saturated rings. The van der Waals surface area contributed by atoms with Crippen LogP contribution in [0, 0.1) is 0 Å². The average molecular weight is 538 g/mol. The fourth-order valence-corrected chi connectivity index (χ4v) is 5.20. The maximum atomic E-state index is 13.6. The molecule has 0 spiro atoms. The summed E-state index contributed by atoms with van der Waals surface area (Å²) in [6, 6.07) is 16.5. The highest BCUT2D eigenvalue weighted by atomic mass is 32.1. The molecule has 0 bridgehead atoms. The van der Waals surface area contributed by atoms with E-state index in [0.29, 0.717) is 57.0 Å². The standard InChI is InChI=1S/C29H23N5O4S/c1-3-38-24-13-18-12-19(16-35)32-26(22(18)15-23(24)37-2)17-8-9-30-25(14-17)34-29(36)21-7-5-4-6-20(21)27(33-34)28-31-10-11-39-28/h4-15,35H,3,16H2,1-2H3. The van der Waals surface area contributed by atoms with Gasteiger partial charge in [0.2, 0.25) is 0 Å². The van der Waals surface area contributed by atoms with Gasteiger partial charge in [0.05, 0.1) is 37.1 Å². The molecule has 0 saturated carbocycles. The molecule has 0 saturated heterocycles. The second-order valence-corrected chi connectivity index (χ2v) is 9.52. The minimum absolute atomic E-state index is 0.236. The molecule has 1 N–H and O–H groups in total. The molecule has 0 aliphatic rings. The lowest BCUT2D eigenvalue weighted by atomic mass is 10.0. The maximum Gasteiger partial charge on any atom is 0.280 e. The van der Waals surface area contributed by atoms with Crippen molar-refractivity contribution in [3.8, 4) is 39.3 Å². The summed E-state index contributed by atoms with van der Waals surface area (Å²) in [4.78, 5) is 27.2. The predicted octanol–water partition coefficient (Wildman–Crippen LogP) is 5.02. The Bertz CT molecular complexity index is 1890. The van der Waals surface area contributed by atoms with Crippen molar-refractivity contribution in [2.45, 2.75) is 13.5 Å². The summed E-state index contributed by atoms with van der Waals surface area (Å²) < 4.78 is 12.6. The van der Waals surface area contributed by atoms with Crippen molar-refractivity contribution in [2.75, 3.05) is 13.7 Å². The Balaban J connectivity index is 1.57. The van der Waals surface area contributed by atoms with Crippen molar-refractivity contribution in [3.05, 3.63) is 88.4 Å². The summed E-state index contributed by atoms with van der Waals surface area (Å²) in [5, 5.41) is 20.1. The van der Waals surface area contributed by atoms with Gasteiger partial charge in [-0.05, 0) is 48.7 Å². The Morgan fingerprint density at radius 2 is 1.79 bits per heavy atom. The number of thiazole rings is 1. The van der Waals surface area contributed by atoms with Crippen molar-refractivity contribution < 1.29 is 14.6 Å². The second-order valence-electron chi connectivity index (χ2n) is 8.63. The highest BCUT2D eigenvalue weighted by molar-refractivity contribution is 7.13. The number of rotatable bonds is 7. The van der Waals surface area contributed by atoms with Crippen LogP contribution < -0.4 is 15.0 Å². The van der Waals surface area contributed by atoms with E-state index in [1.807, 2.05) is 54.8 Å². The van der Waals surface area contributed by atoms with Crippen molar-refractivity contribution in [2.24, 2.45) is 0 Å². The Hall–Kier alpha value is -4.67. The van der Waals surface area contributed by atoms with Gasteiger partial charge in [-0.3, -0.25) is 4.79 Å². The van der Waals surface area contributed by atoms with Crippen LogP contribution in [0.25, 0.3) is 49.3 Å². The Morgan fingerprint density at radius 3 is 2.54 bits per heavy atom. The largest absolute Gasteiger partial charge is 0.493 e. The first-order valence-electron chi connectivity index (χ1n) is 12.2. The molecule has 4 heterocycles. The molecule has 39 heavy (non-hydrogen) atoms. The SMILES string of the molecule is CCOc1cc2cc(CO)nc(-c3ccnc(-n4nc(-c5nccs5)c5ccccc5c4=O)c3)c2cc1OC. The quantitative estimate of drug-likeness (QED) is 0.302. The van der Waals surface area contributed by atoms with Crippen molar-refractivity contribution in [3.63, 3.8) is 0 Å². The Kier molecular flexibility index (Phi) is 6.47. The smallest absolute Gasteiger partial charge is 0.280 e. The number of fused-ring (bicyclic) bond motifs is 2. The highest BCUT2D eigenvalue weighted by Gasteiger charge is 2.18. The topological polar surface area (TPSA) is 112 Å². The van der Waals surface area contributed by atoms with E-state index in [1.165, 1.54) is 16.0 Å². The zero-order valence-electron chi connectivity index (χ0n) is 21.2. The van der Waals surface area contributed by atoms with E-state index in [1.54, 1.807) is 31.6 Å². The number of ether oxygens (including phenoxy) is 2. The molecule has 2 aromatic carbocycles. The third-order valence-corrected chi connectivity index (χ3v) is 7.09. The fraction of sp³-hybridized carbons (Fsp3) is 0.138. The number of aliphatic hydroxyl groups is 1. The summed E-state index contributed by atoms with van der Waals surface area (Å²) in [5.74, 6) is 1.51. The molecule has 6 rings (SSSR count). The molecule has 194 valence electrons. The molecule has 0 unspecified atom stereocenters. The first-order chi connectivity index (χ1) is 19.1. The number of hydrogen-bond donors (Lipinski definition) is 1. The summed E-state index contributed by atoms with van der Waals surface area (Å²) in [6.07, 6.45) is 3.32. The predicted molar refractivity (Wildman–Crippen MR) is 151 cm³/mol. The molecular weight excluding hydrogens is 514 g/mol. The molecule has 4 aromatic heterocycles. The van der Waals surface area contributed by atoms with Crippen molar-refractivity contribution in [1.29, 1.82) is 0 Å². The van der Waals surface area contributed by atoms with E-state index in [4.69, 9.17) is 19.6 Å². The van der Waals surface area contributed by atoms with Gasteiger partial charge in [-0.15, -0.1) is 11.3 Å². The van der Waals surface area contributed by atoms with Crippen LogP contribution in [0.2, 0.25) is 0 Å². The first kappa shape index (κ1) is 24.7. The minimum atomic E-state index is -0.291. The number of nitrogens with zero attached hydrogens (tertiary/aromatic N) is 5. The van der Waals surface area contributed by atoms with E-state index in [2.05, 4.69) is 9.97 Å². The molecule has 10 heteroatoms. The van der Waals surface area contributed by atoms with Gasteiger partial charge >= 0.3 is 0 Å². The van der Waals surface area contributed by atoms with Gasteiger partial charge in [-0.1, -0.05) is 18.2 Å². The zero-order chi connectivity index (χ0) is 26.9. The van der Waals surface area contributed by atoms with Crippen LogP contribution in [-0.2, 0) is 6.61 Å². The van der Waals surface area contributed by atoms with E-state index in [0.717, 1.165) is 16.2 Å². The van der Waals surface area contributed by atoms with Crippen LogP contribution >= 0.6 is 11.3 Å². The van der Waals surface area contributed by atoms with E-state index < -0.39 is 0 Å². The highest BCUT2D eigenvalue weighted by Crippen LogP contribution is 2.37. The van der Waals surface area contributed by atoms with Gasteiger partial charge < -0.3 is 14.6 Å². The Labute approximate surface area is 227 Å². The van der Waals surface area contributed by atoms with Crippen LogP contribution in [-0.4, -0.2) is 43.6 Å². The molecule has 9 nitrogen and oxygen atoms in total. The number of benzene rings is 2. The summed E-state index contributed by atoms with van der Waals surface area (Å²) in [5.41, 5.74) is 2.11. The van der Waals surface area contributed by atoms with Crippen LogP contribution in [0.4, 0.5) is 0 Å². The van der Waals surface area contributed by atoms with E-state index >= 15 is 0 Å². The number of aromatic nitrogens is 5.